The molecular formula is C21H21ClN2O3S2. The zero-order chi connectivity index (χ0) is 21.2. The molecule has 0 bridgehead atoms. The first-order valence-corrected chi connectivity index (χ1v) is 11.6. The van der Waals surface area contributed by atoms with Crippen LogP contribution in [0.15, 0.2) is 64.9 Å². The molecule has 0 aliphatic carbocycles. The van der Waals surface area contributed by atoms with E-state index in [4.69, 9.17) is 11.6 Å². The summed E-state index contributed by atoms with van der Waals surface area (Å²) >= 11 is 7.69. The first-order valence-electron chi connectivity index (χ1n) is 8.85. The summed E-state index contributed by atoms with van der Waals surface area (Å²) < 4.78 is 27.9. The van der Waals surface area contributed by atoms with Gasteiger partial charge in [0.2, 0.25) is 10.0 Å². The van der Waals surface area contributed by atoms with Gasteiger partial charge in [0, 0.05) is 27.2 Å². The lowest BCUT2D eigenvalue weighted by Gasteiger charge is -2.21. The van der Waals surface area contributed by atoms with Crippen LogP contribution in [0.5, 0.6) is 0 Å². The van der Waals surface area contributed by atoms with Crippen LogP contribution in [0.1, 0.15) is 31.1 Å². The van der Waals surface area contributed by atoms with E-state index in [1.165, 1.54) is 18.2 Å². The molecule has 0 aliphatic heterocycles. The molecule has 1 amide bonds. The summed E-state index contributed by atoms with van der Waals surface area (Å²) in [4.78, 5) is 13.7. The summed E-state index contributed by atoms with van der Waals surface area (Å²) in [6, 6.07) is 15.6. The maximum absolute atomic E-state index is 12.8. The van der Waals surface area contributed by atoms with Gasteiger partial charge in [0.15, 0.2) is 0 Å². The Kier molecular flexibility index (Phi) is 6.14. The molecule has 0 radical (unpaired) electrons. The zero-order valence-corrected chi connectivity index (χ0v) is 18.6. The van der Waals surface area contributed by atoms with Crippen molar-refractivity contribution in [2.75, 3.05) is 5.32 Å². The summed E-state index contributed by atoms with van der Waals surface area (Å²) in [5.41, 5.74) is 1.06. The number of sulfonamides is 1. The Morgan fingerprint density at radius 2 is 1.76 bits per heavy atom. The summed E-state index contributed by atoms with van der Waals surface area (Å²) in [5, 5.41) is 4.89. The molecule has 2 aromatic carbocycles. The fourth-order valence-corrected chi connectivity index (χ4v) is 5.45. The predicted molar refractivity (Wildman–Crippen MR) is 119 cm³/mol. The number of hydrogen-bond acceptors (Lipinski definition) is 4. The van der Waals surface area contributed by atoms with Crippen molar-refractivity contribution in [2.45, 2.75) is 31.2 Å². The fraction of sp³-hybridized carbons (Fsp3) is 0.190. The molecule has 1 heterocycles. The minimum absolute atomic E-state index is 0.0530. The van der Waals surface area contributed by atoms with Gasteiger partial charge in [-0.3, -0.25) is 4.79 Å². The van der Waals surface area contributed by atoms with Crippen LogP contribution < -0.4 is 10.0 Å². The van der Waals surface area contributed by atoms with Gasteiger partial charge in [-0.15, -0.1) is 11.3 Å². The lowest BCUT2D eigenvalue weighted by Crippen LogP contribution is -2.40. The van der Waals surface area contributed by atoms with E-state index in [1.54, 1.807) is 32.1 Å². The smallest absolute Gasteiger partial charge is 0.255 e. The molecule has 29 heavy (non-hydrogen) atoms. The van der Waals surface area contributed by atoms with Crippen molar-refractivity contribution >= 4 is 44.6 Å². The second-order valence-corrected chi connectivity index (χ2v) is 10.5. The van der Waals surface area contributed by atoms with Crippen LogP contribution in [0.2, 0.25) is 5.02 Å². The van der Waals surface area contributed by atoms with Gasteiger partial charge in [-0.25, -0.2) is 13.1 Å². The quantitative estimate of drug-likeness (QED) is 0.548. The van der Waals surface area contributed by atoms with Gasteiger partial charge >= 0.3 is 0 Å². The number of para-hydroxylation sites is 1. The highest BCUT2D eigenvalue weighted by Crippen LogP contribution is 2.32. The second-order valence-electron chi connectivity index (χ2n) is 7.48. The normalized spacial score (nSPS) is 12.0. The Hall–Kier alpha value is -2.19. The van der Waals surface area contributed by atoms with Gasteiger partial charge in [0.25, 0.3) is 5.91 Å². The molecule has 8 heteroatoms. The predicted octanol–water partition coefficient (Wildman–Crippen LogP) is 5.40. The third kappa shape index (κ3) is 5.25. The Morgan fingerprint density at radius 3 is 2.41 bits per heavy atom. The van der Waals surface area contributed by atoms with Crippen molar-refractivity contribution in [1.29, 1.82) is 0 Å². The van der Waals surface area contributed by atoms with E-state index < -0.39 is 21.5 Å². The maximum Gasteiger partial charge on any atom is 0.255 e. The second kappa shape index (κ2) is 8.28. The average Bonchev–Trinajstić information content (AvgIpc) is 3.14. The Bertz CT molecular complexity index is 1130. The molecule has 0 saturated heterocycles. The molecular weight excluding hydrogens is 428 g/mol. The fourth-order valence-electron chi connectivity index (χ4n) is 2.74. The summed E-state index contributed by atoms with van der Waals surface area (Å²) in [6.45, 7) is 5.20. The molecule has 152 valence electrons. The van der Waals surface area contributed by atoms with Gasteiger partial charge < -0.3 is 5.32 Å². The number of carbonyl (C=O) groups is 1. The van der Waals surface area contributed by atoms with Gasteiger partial charge in [-0.05, 0) is 56.5 Å². The lowest BCUT2D eigenvalue weighted by atomic mass is 10.1. The van der Waals surface area contributed by atoms with E-state index in [2.05, 4.69) is 10.0 Å². The zero-order valence-electron chi connectivity index (χ0n) is 16.2. The number of thiophene rings is 1. The number of amides is 1. The lowest BCUT2D eigenvalue weighted by molar-refractivity contribution is 0.102. The molecule has 0 saturated carbocycles. The minimum atomic E-state index is -3.88. The standard InChI is InChI=1S/C21H21ClN2O3S2/c1-21(2,3)24-29(26,27)19-13-14(10-11-16(19)22)20(25)23-17-8-5-4-7-15(17)18-9-6-12-28-18/h4-13,24H,1-3H3,(H,23,25). The van der Waals surface area contributed by atoms with Gasteiger partial charge in [-0.1, -0.05) is 35.9 Å². The van der Waals surface area contributed by atoms with Crippen molar-refractivity contribution in [1.82, 2.24) is 4.72 Å². The largest absolute Gasteiger partial charge is 0.321 e. The summed E-state index contributed by atoms with van der Waals surface area (Å²) in [6.07, 6.45) is 0. The molecule has 0 fully saturated rings. The molecule has 0 unspecified atom stereocenters. The number of rotatable bonds is 5. The third-order valence-electron chi connectivity index (χ3n) is 3.89. The van der Waals surface area contributed by atoms with E-state index in [0.717, 1.165) is 10.4 Å². The number of hydrogen-bond donors (Lipinski definition) is 2. The van der Waals surface area contributed by atoms with Gasteiger partial charge in [-0.2, -0.15) is 0 Å². The average molecular weight is 449 g/mol. The van der Waals surface area contributed by atoms with Crippen LogP contribution in [0.4, 0.5) is 5.69 Å². The topological polar surface area (TPSA) is 75.3 Å². The molecule has 0 spiro atoms. The minimum Gasteiger partial charge on any atom is -0.321 e. The van der Waals surface area contributed by atoms with Crippen LogP contribution in [0.25, 0.3) is 10.4 Å². The van der Waals surface area contributed by atoms with Crippen molar-refractivity contribution in [2.24, 2.45) is 0 Å². The summed E-state index contributed by atoms with van der Waals surface area (Å²) in [7, 11) is -3.88. The van der Waals surface area contributed by atoms with Crippen molar-refractivity contribution in [3.63, 3.8) is 0 Å². The maximum atomic E-state index is 12.8. The number of nitrogens with one attached hydrogen (secondary N) is 2. The number of benzene rings is 2. The van der Waals surface area contributed by atoms with E-state index in [9.17, 15) is 13.2 Å². The van der Waals surface area contributed by atoms with Crippen LogP contribution in [-0.4, -0.2) is 19.9 Å². The number of halogens is 1. The molecule has 2 N–H and O–H groups in total. The van der Waals surface area contributed by atoms with E-state index in [0.29, 0.717) is 5.69 Å². The first kappa shape index (κ1) is 21.5. The van der Waals surface area contributed by atoms with Gasteiger partial charge in [0.1, 0.15) is 4.90 Å². The SMILES string of the molecule is CC(C)(C)NS(=O)(=O)c1cc(C(=O)Nc2ccccc2-c2cccs2)ccc1Cl. The van der Waals surface area contributed by atoms with Gasteiger partial charge in [0.05, 0.1) is 5.02 Å². The van der Waals surface area contributed by atoms with Crippen molar-refractivity contribution in [3.05, 3.63) is 70.6 Å². The van der Waals surface area contributed by atoms with Crippen LogP contribution in [0.3, 0.4) is 0 Å². The van der Waals surface area contributed by atoms with Crippen LogP contribution >= 0.6 is 22.9 Å². The Balaban J connectivity index is 1.92. The molecule has 0 atom stereocenters. The van der Waals surface area contributed by atoms with Crippen LogP contribution in [0, 0.1) is 0 Å². The highest BCUT2D eigenvalue weighted by atomic mass is 35.5. The number of carbonyl (C=O) groups excluding carboxylic acids is 1. The summed E-state index contributed by atoms with van der Waals surface area (Å²) in [5.74, 6) is -0.419. The van der Waals surface area contributed by atoms with E-state index in [-0.39, 0.29) is 15.5 Å². The van der Waals surface area contributed by atoms with Crippen LogP contribution in [-0.2, 0) is 10.0 Å². The van der Waals surface area contributed by atoms with Crippen molar-refractivity contribution < 1.29 is 13.2 Å². The molecule has 5 nitrogen and oxygen atoms in total. The third-order valence-corrected chi connectivity index (χ3v) is 7.03. The first-order chi connectivity index (χ1) is 13.6. The van der Waals surface area contributed by atoms with E-state index >= 15 is 0 Å². The van der Waals surface area contributed by atoms with E-state index in [1.807, 2.05) is 41.8 Å². The Labute approximate surface area is 179 Å². The molecule has 1 aromatic heterocycles. The Morgan fingerprint density at radius 1 is 1.03 bits per heavy atom. The highest BCUT2D eigenvalue weighted by Gasteiger charge is 2.25. The van der Waals surface area contributed by atoms with Crippen molar-refractivity contribution in [3.8, 4) is 10.4 Å². The molecule has 3 aromatic rings. The highest BCUT2D eigenvalue weighted by molar-refractivity contribution is 7.89. The number of anilines is 1. The monoisotopic (exact) mass is 448 g/mol. The molecule has 0 aliphatic rings. The molecule has 3 rings (SSSR count).